The van der Waals surface area contributed by atoms with Gasteiger partial charge in [-0.15, -0.1) is 12.4 Å². The standard InChI is InChI=1S/C25H30N6O2.ClH/c1-30(2)14-8-16-33-29-23-18-10-6-5-9-17(18)22-24(23)27-20-12-7-11-19(21(20)28-22)25(32)26-13-15-31(3)4;/h5-7,9-12H,8,13-16H2,1-4H3,(H,26,32);1H/b29-23+;. The Morgan fingerprint density at radius 2 is 1.68 bits per heavy atom. The molecule has 0 spiro atoms. The lowest BCUT2D eigenvalue weighted by molar-refractivity contribution is 0.0952. The van der Waals surface area contributed by atoms with E-state index in [0.717, 1.165) is 36.3 Å². The number of aromatic nitrogens is 2. The molecule has 1 aliphatic rings. The maximum atomic E-state index is 12.9. The fourth-order valence-electron chi connectivity index (χ4n) is 3.77. The average Bonchev–Trinajstić information content (AvgIpc) is 3.09. The number of para-hydroxylation sites is 1. The van der Waals surface area contributed by atoms with Crippen LogP contribution in [0.25, 0.3) is 22.3 Å². The predicted molar refractivity (Wildman–Crippen MR) is 138 cm³/mol. The van der Waals surface area contributed by atoms with Crippen LogP contribution in [0.5, 0.6) is 0 Å². The monoisotopic (exact) mass is 482 g/mol. The van der Waals surface area contributed by atoms with Gasteiger partial charge in [0.2, 0.25) is 0 Å². The largest absolute Gasteiger partial charge is 0.395 e. The van der Waals surface area contributed by atoms with Crippen molar-refractivity contribution in [3.05, 3.63) is 59.3 Å². The molecule has 0 unspecified atom stereocenters. The van der Waals surface area contributed by atoms with Crippen LogP contribution in [0.1, 0.15) is 28.0 Å². The van der Waals surface area contributed by atoms with Gasteiger partial charge in [0.25, 0.3) is 5.91 Å². The molecule has 34 heavy (non-hydrogen) atoms. The number of carbonyl (C=O) groups excluding carboxylic acids is 1. The van der Waals surface area contributed by atoms with Gasteiger partial charge in [0.1, 0.15) is 23.5 Å². The predicted octanol–water partition coefficient (Wildman–Crippen LogP) is 3.04. The van der Waals surface area contributed by atoms with Crippen LogP contribution in [0, 0.1) is 0 Å². The molecule has 0 saturated carbocycles. The van der Waals surface area contributed by atoms with Crippen molar-refractivity contribution in [2.45, 2.75) is 6.42 Å². The van der Waals surface area contributed by atoms with Gasteiger partial charge < -0.3 is 20.0 Å². The molecule has 0 atom stereocenters. The minimum atomic E-state index is -0.152. The number of halogens is 1. The molecule has 1 aromatic heterocycles. The van der Waals surface area contributed by atoms with Crippen molar-refractivity contribution in [3.8, 4) is 11.3 Å². The molecule has 180 valence electrons. The van der Waals surface area contributed by atoms with Gasteiger partial charge in [0.15, 0.2) is 0 Å². The first-order chi connectivity index (χ1) is 16.0. The molecular weight excluding hydrogens is 452 g/mol. The number of oxime groups is 1. The number of benzene rings is 2. The van der Waals surface area contributed by atoms with E-state index in [-0.39, 0.29) is 18.3 Å². The molecule has 0 saturated heterocycles. The van der Waals surface area contributed by atoms with Crippen LogP contribution in [0.4, 0.5) is 0 Å². The smallest absolute Gasteiger partial charge is 0.253 e. The molecule has 1 aliphatic carbocycles. The van der Waals surface area contributed by atoms with Crippen LogP contribution in [-0.2, 0) is 4.84 Å². The highest BCUT2D eigenvalue weighted by Gasteiger charge is 2.29. The molecule has 0 radical (unpaired) electrons. The van der Waals surface area contributed by atoms with Gasteiger partial charge >= 0.3 is 0 Å². The molecule has 0 aliphatic heterocycles. The SMILES string of the molecule is CN(C)CCCO/N=C1\c2ccccc2-c2nc3c(C(=O)NCCN(C)C)cccc3nc21.Cl. The molecule has 3 aromatic rings. The van der Waals surface area contributed by atoms with Crippen molar-refractivity contribution in [2.24, 2.45) is 5.16 Å². The van der Waals surface area contributed by atoms with Crippen LogP contribution >= 0.6 is 12.4 Å². The molecule has 1 heterocycles. The summed E-state index contributed by atoms with van der Waals surface area (Å²) in [6.45, 7) is 2.78. The molecule has 1 N–H and O–H groups in total. The quantitative estimate of drug-likeness (QED) is 0.291. The van der Waals surface area contributed by atoms with E-state index < -0.39 is 0 Å². The van der Waals surface area contributed by atoms with E-state index in [4.69, 9.17) is 14.8 Å². The molecule has 9 heteroatoms. The Bertz CT molecular complexity index is 1200. The topological polar surface area (TPSA) is 82.9 Å². The summed E-state index contributed by atoms with van der Waals surface area (Å²) in [5, 5.41) is 7.41. The Kier molecular flexibility index (Phi) is 8.55. The number of carbonyl (C=O) groups is 1. The summed E-state index contributed by atoms with van der Waals surface area (Å²) in [4.78, 5) is 32.4. The third-order valence-corrected chi connectivity index (χ3v) is 5.44. The van der Waals surface area contributed by atoms with E-state index >= 15 is 0 Å². The summed E-state index contributed by atoms with van der Waals surface area (Å²) in [5.41, 5.74) is 5.73. The minimum Gasteiger partial charge on any atom is -0.395 e. The third kappa shape index (κ3) is 5.52. The summed E-state index contributed by atoms with van der Waals surface area (Å²) in [6.07, 6.45) is 0.883. The Hall–Kier alpha value is -3.07. The molecule has 1 amide bonds. The highest BCUT2D eigenvalue weighted by atomic mass is 35.5. The lowest BCUT2D eigenvalue weighted by Crippen LogP contribution is -2.31. The van der Waals surface area contributed by atoms with E-state index in [2.05, 4.69) is 15.4 Å². The minimum absolute atomic E-state index is 0. The zero-order valence-corrected chi connectivity index (χ0v) is 20.9. The van der Waals surface area contributed by atoms with Gasteiger partial charge in [-0.05, 0) is 46.7 Å². The maximum absolute atomic E-state index is 12.9. The fraction of sp³-hybridized carbons (Fsp3) is 0.360. The first-order valence-electron chi connectivity index (χ1n) is 11.1. The molecule has 8 nitrogen and oxygen atoms in total. The Labute approximate surface area is 206 Å². The van der Waals surface area contributed by atoms with Gasteiger partial charge in [-0.25, -0.2) is 9.97 Å². The average molecular weight is 483 g/mol. The number of hydrogen-bond donors (Lipinski definition) is 1. The summed E-state index contributed by atoms with van der Waals surface area (Å²) in [6, 6.07) is 13.4. The number of nitrogens with zero attached hydrogens (tertiary/aromatic N) is 5. The second-order valence-electron chi connectivity index (χ2n) is 8.63. The number of likely N-dealkylation sites (N-methyl/N-ethyl adjacent to an activating group) is 1. The van der Waals surface area contributed by atoms with Crippen molar-refractivity contribution < 1.29 is 9.63 Å². The Balaban J connectivity index is 0.00000324. The van der Waals surface area contributed by atoms with Crippen molar-refractivity contribution in [1.82, 2.24) is 25.1 Å². The Morgan fingerprint density at radius 3 is 2.41 bits per heavy atom. The highest BCUT2D eigenvalue weighted by molar-refractivity contribution is 6.23. The van der Waals surface area contributed by atoms with Crippen molar-refractivity contribution >= 4 is 35.1 Å². The summed E-state index contributed by atoms with van der Waals surface area (Å²) < 4.78 is 0. The molecule has 0 bridgehead atoms. The van der Waals surface area contributed by atoms with Crippen molar-refractivity contribution in [2.75, 3.05) is 54.4 Å². The summed E-state index contributed by atoms with van der Waals surface area (Å²) >= 11 is 0. The van der Waals surface area contributed by atoms with E-state index in [9.17, 15) is 4.79 Å². The fourth-order valence-corrected chi connectivity index (χ4v) is 3.77. The lowest BCUT2D eigenvalue weighted by atomic mass is 10.1. The first kappa shape index (κ1) is 25.6. The summed E-state index contributed by atoms with van der Waals surface area (Å²) in [5.74, 6) is -0.152. The maximum Gasteiger partial charge on any atom is 0.253 e. The zero-order chi connectivity index (χ0) is 23.4. The van der Waals surface area contributed by atoms with E-state index in [1.807, 2.05) is 69.5 Å². The van der Waals surface area contributed by atoms with Gasteiger partial charge in [0.05, 0.1) is 16.8 Å². The molecule has 2 aromatic carbocycles. The van der Waals surface area contributed by atoms with Crippen LogP contribution < -0.4 is 5.32 Å². The Morgan fingerprint density at radius 1 is 0.941 bits per heavy atom. The number of nitrogens with one attached hydrogen (secondary N) is 1. The normalized spacial score (nSPS) is 13.2. The molecular formula is C25H31ClN6O2. The summed E-state index contributed by atoms with van der Waals surface area (Å²) in [7, 11) is 8.02. The van der Waals surface area contributed by atoms with Crippen molar-refractivity contribution in [3.63, 3.8) is 0 Å². The number of rotatable bonds is 9. The molecule has 0 fully saturated rings. The third-order valence-electron chi connectivity index (χ3n) is 5.44. The zero-order valence-electron chi connectivity index (χ0n) is 20.0. The van der Waals surface area contributed by atoms with E-state index in [1.165, 1.54) is 0 Å². The van der Waals surface area contributed by atoms with Gasteiger partial charge in [-0.2, -0.15) is 0 Å². The van der Waals surface area contributed by atoms with Gasteiger partial charge in [-0.3, -0.25) is 4.79 Å². The van der Waals surface area contributed by atoms with Crippen LogP contribution in [-0.4, -0.2) is 85.8 Å². The second kappa shape index (κ2) is 11.4. The van der Waals surface area contributed by atoms with Crippen LogP contribution in [0.2, 0.25) is 0 Å². The second-order valence-corrected chi connectivity index (χ2v) is 8.63. The molecule has 4 rings (SSSR count). The van der Waals surface area contributed by atoms with Gasteiger partial charge in [-0.1, -0.05) is 35.5 Å². The van der Waals surface area contributed by atoms with E-state index in [0.29, 0.717) is 41.2 Å². The van der Waals surface area contributed by atoms with Gasteiger partial charge in [0, 0.05) is 30.8 Å². The highest BCUT2D eigenvalue weighted by Crippen LogP contribution is 2.36. The van der Waals surface area contributed by atoms with Crippen LogP contribution in [0.3, 0.4) is 0 Å². The number of amides is 1. The lowest BCUT2D eigenvalue weighted by Gasteiger charge is -2.11. The number of fused-ring (bicyclic) bond motifs is 4. The van der Waals surface area contributed by atoms with Crippen molar-refractivity contribution in [1.29, 1.82) is 0 Å². The van der Waals surface area contributed by atoms with Crippen LogP contribution in [0.15, 0.2) is 47.6 Å². The van der Waals surface area contributed by atoms with E-state index in [1.54, 1.807) is 6.07 Å². The first-order valence-corrected chi connectivity index (χ1v) is 11.1. The number of hydrogen-bond acceptors (Lipinski definition) is 7.